The summed E-state index contributed by atoms with van der Waals surface area (Å²) >= 11 is 0. The first-order valence-corrected chi connectivity index (χ1v) is 7.83. The molecule has 0 aromatic heterocycles. The average Bonchev–Trinajstić information content (AvgIpc) is 2.88. The zero-order valence-corrected chi connectivity index (χ0v) is 11.6. The van der Waals surface area contributed by atoms with Gasteiger partial charge in [0.2, 0.25) is 0 Å². The van der Waals surface area contributed by atoms with Crippen molar-refractivity contribution in [3.63, 3.8) is 0 Å². The third kappa shape index (κ3) is 4.26. The third-order valence-electron chi connectivity index (χ3n) is 4.54. The van der Waals surface area contributed by atoms with Crippen molar-refractivity contribution < 1.29 is 0 Å². The summed E-state index contributed by atoms with van der Waals surface area (Å²) in [6, 6.07) is 0. The normalized spacial score (nSPS) is 28.8. The molecule has 0 saturated carbocycles. The third-order valence-corrected chi connectivity index (χ3v) is 4.54. The van der Waals surface area contributed by atoms with Gasteiger partial charge in [0.15, 0.2) is 0 Å². The number of likely N-dealkylation sites (tertiary alicyclic amines) is 1. The molecule has 0 spiro atoms. The van der Waals surface area contributed by atoms with E-state index >= 15 is 0 Å². The summed E-state index contributed by atoms with van der Waals surface area (Å²) in [5.41, 5.74) is 0. The van der Waals surface area contributed by atoms with Gasteiger partial charge in [-0.25, -0.2) is 0 Å². The minimum atomic E-state index is 0.972. The van der Waals surface area contributed by atoms with Crippen LogP contribution in [0.25, 0.3) is 0 Å². The first-order valence-electron chi connectivity index (χ1n) is 7.83. The highest BCUT2D eigenvalue weighted by molar-refractivity contribution is 4.90. The van der Waals surface area contributed by atoms with E-state index in [1.54, 1.807) is 0 Å². The zero-order valence-electron chi connectivity index (χ0n) is 11.6. The Kier molecular flexibility index (Phi) is 5.79. The van der Waals surface area contributed by atoms with Gasteiger partial charge in [-0.3, -0.25) is 0 Å². The SMILES string of the molecule is CCCCCCCCCN1CC2CNCC2C1. The molecule has 2 aliphatic rings. The molecule has 17 heavy (non-hydrogen) atoms. The maximum absolute atomic E-state index is 3.51. The van der Waals surface area contributed by atoms with Crippen molar-refractivity contribution in [3.05, 3.63) is 0 Å². The van der Waals surface area contributed by atoms with E-state index in [-0.39, 0.29) is 0 Å². The topological polar surface area (TPSA) is 15.3 Å². The Morgan fingerprint density at radius 1 is 0.882 bits per heavy atom. The van der Waals surface area contributed by atoms with Crippen LogP contribution in [0, 0.1) is 11.8 Å². The number of hydrogen-bond donors (Lipinski definition) is 1. The summed E-state index contributed by atoms with van der Waals surface area (Å²) in [7, 11) is 0. The Balaban J connectivity index is 1.44. The largest absolute Gasteiger partial charge is 0.316 e. The molecule has 0 bridgehead atoms. The van der Waals surface area contributed by atoms with E-state index in [4.69, 9.17) is 0 Å². The van der Waals surface area contributed by atoms with Gasteiger partial charge in [0.25, 0.3) is 0 Å². The molecule has 0 aromatic rings. The van der Waals surface area contributed by atoms with Crippen molar-refractivity contribution in [2.45, 2.75) is 51.9 Å². The Hall–Kier alpha value is -0.0800. The van der Waals surface area contributed by atoms with Gasteiger partial charge in [-0.15, -0.1) is 0 Å². The summed E-state index contributed by atoms with van der Waals surface area (Å²) in [5.74, 6) is 1.94. The second-order valence-electron chi connectivity index (χ2n) is 6.06. The summed E-state index contributed by atoms with van der Waals surface area (Å²) < 4.78 is 0. The van der Waals surface area contributed by atoms with Crippen LogP contribution in [0.3, 0.4) is 0 Å². The Labute approximate surface area is 107 Å². The molecule has 0 radical (unpaired) electrons. The molecular weight excluding hydrogens is 208 g/mol. The van der Waals surface area contributed by atoms with E-state index in [0.717, 1.165) is 11.8 Å². The molecule has 2 heteroatoms. The highest BCUT2D eigenvalue weighted by Crippen LogP contribution is 2.26. The van der Waals surface area contributed by atoms with E-state index < -0.39 is 0 Å². The van der Waals surface area contributed by atoms with Crippen LogP contribution in [0.4, 0.5) is 0 Å². The molecule has 0 aromatic carbocycles. The number of nitrogens with zero attached hydrogens (tertiary/aromatic N) is 1. The predicted molar refractivity (Wildman–Crippen MR) is 74.3 cm³/mol. The number of nitrogens with one attached hydrogen (secondary N) is 1. The van der Waals surface area contributed by atoms with Crippen LogP contribution in [0.5, 0.6) is 0 Å². The summed E-state index contributed by atoms with van der Waals surface area (Å²) in [6.45, 7) is 8.94. The second kappa shape index (κ2) is 7.38. The lowest BCUT2D eigenvalue weighted by Crippen LogP contribution is -2.26. The highest BCUT2D eigenvalue weighted by Gasteiger charge is 2.35. The van der Waals surface area contributed by atoms with Gasteiger partial charge in [-0.2, -0.15) is 0 Å². The molecule has 2 aliphatic heterocycles. The minimum Gasteiger partial charge on any atom is -0.316 e. The Morgan fingerprint density at radius 2 is 1.47 bits per heavy atom. The van der Waals surface area contributed by atoms with Gasteiger partial charge in [0.1, 0.15) is 0 Å². The van der Waals surface area contributed by atoms with Crippen molar-refractivity contribution in [3.8, 4) is 0 Å². The zero-order chi connectivity index (χ0) is 11.9. The molecular formula is C15H30N2. The summed E-state index contributed by atoms with van der Waals surface area (Å²) in [6.07, 6.45) is 10.1. The van der Waals surface area contributed by atoms with Gasteiger partial charge < -0.3 is 10.2 Å². The van der Waals surface area contributed by atoms with E-state index in [9.17, 15) is 0 Å². The second-order valence-corrected chi connectivity index (χ2v) is 6.06. The van der Waals surface area contributed by atoms with Gasteiger partial charge >= 0.3 is 0 Å². The minimum absolute atomic E-state index is 0.972. The first kappa shape index (κ1) is 13.4. The van der Waals surface area contributed by atoms with Crippen LogP contribution in [0.2, 0.25) is 0 Å². The number of unbranched alkanes of at least 4 members (excludes halogenated alkanes) is 6. The van der Waals surface area contributed by atoms with E-state index in [1.165, 1.54) is 77.7 Å². The van der Waals surface area contributed by atoms with Crippen molar-refractivity contribution >= 4 is 0 Å². The molecule has 0 amide bonds. The van der Waals surface area contributed by atoms with Crippen LogP contribution in [-0.4, -0.2) is 37.6 Å². The Morgan fingerprint density at radius 3 is 2.12 bits per heavy atom. The monoisotopic (exact) mass is 238 g/mol. The molecule has 2 fully saturated rings. The fourth-order valence-corrected chi connectivity index (χ4v) is 3.43. The first-order chi connectivity index (χ1) is 8.40. The number of hydrogen-bond acceptors (Lipinski definition) is 2. The summed E-state index contributed by atoms with van der Waals surface area (Å²) in [4.78, 5) is 2.71. The van der Waals surface area contributed by atoms with E-state index in [0.29, 0.717) is 0 Å². The van der Waals surface area contributed by atoms with Crippen LogP contribution >= 0.6 is 0 Å². The van der Waals surface area contributed by atoms with Crippen LogP contribution in [0.1, 0.15) is 51.9 Å². The predicted octanol–water partition coefficient (Wildman–Crippen LogP) is 2.89. The molecule has 1 N–H and O–H groups in total. The molecule has 2 unspecified atom stereocenters. The van der Waals surface area contributed by atoms with Gasteiger partial charge in [-0.05, 0) is 37.9 Å². The fraction of sp³-hybridized carbons (Fsp3) is 1.00. The maximum atomic E-state index is 3.51. The van der Waals surface area contributed by atoms with Crippen LogP contribution in [-0.2, 0) is 0 Å². The van der Waals surface area contributed by atoms with Crippen molar-refractivity contribution in [2.75, 3.05) is 32.7 Å². The van der Waals surface area contributed by atoms with Crippen molar-refractivity contribution in [1.29, 1.82) is 0 Å². The molecule has 2 atom stereocenters. The lowest BCUT2D eigenvalue weighted by Gasteiger charge is -2.16. The highest BCUT2D eigenvalue weighted by atomic mass is 15.2. The molecule has 2 saturated heterocycles. The average molecular weight is 238 g/mol. The van der Waals surface area contributed by atoms with Gasteiger partial charge in [0.05, 0.1) is 0 Å². The van der Waals surface area contributed by atoms with Crippen molar-refractivity contribution in [1.82, 2.24) is 10.2 Å². The van der Waals surface area contributed by atoms with E-state index in [2.05, 4.69) is 17.1 Å². The standard InChI is InChI=1S/C15H30N2/c1-2-3-4-5-6-7-8-9-17-12-14-10-16-11-15(14)13-17/h14-16H,2-13H2,1H3. The lowest BCUT2D eigenvalue weighted by molar-refractivity contribution is 0.304. The molecule has 100 valence electrons. The summed E-state index contributed by atoms with van der Waals surface area (Å²) in [5, 5.41) is 3.51. The van der Waals surface area contributed by atoms with Gasteiger partial charge in [0, 0.05) is 13.1 Å². The Bertz CT molecular complexity index is 193. The number of fused-ring (bicyclic) bond motifs is 1. The van der Waals surface area contributed by atoms with Crippen molar-refractivity contribution in [2.24, 2.45) is 11.8 Å². The molecule has 2 rings (SSSR count). The number of rotatable bonds is 8. The molecule has 2 nitrogen and oxygen atoms in total. The fourth-order valence-electron chi connectivity index (χ4n) is 3.43. The molecule has 2 heterocycles. The molecule has 0 aliphatic carbocycles. The lowest BCUT2D eigenvalue weighted by atomic mass is 10.0. The maximum Gasteiger partial charge on any atom is 0.00255 e. The smallest absolute Gasteiger partial charge is 0.00255 e. The van der Waals surface area contributed by atoms with E-state index in [1.807, 2.05) is 0 Å². The van der Waals surface area contributed by atoms with Crippen LogP contribution < -0.4 is 5.32 Å². The van der Waals surface area contributed by atoms with Crippen LogP contribution in [0.15, 0.2) is 0 Å². The quantitative estimate of drug-likeness (QED) is 0.654. The van der Waals surface area contributed by atoms with Gasteiger partial charge in [-0.1, -0.05) is 45.4 Å².